The van der Waals surface area contributed by atoms with Crippen molar-refractivity contribution in [2.75, 3.05) is 12.3 Å². The first-order chi connectivity index (χ1) is 9.56. The number of fused-ring (bicyclic) bond motifs is 1. The van der Waals surface area contributed by atoms with Crippen LogP contribution in [0.2, 0.25) is 0 Å². The zero-order valence-electron chi connectivity index (χ0n) is 10.3. The van der Waals surface area contributed by atoms with Crippen molar-refractivity contribution in [1.29, 1.82) is 0 Å². The highest BCUT2D eigenvalue weighted by Gasteiger charge is 2.19. The second kappa shape index (κ2) is 4.82. The molecule has 2 aromatic heterocycles. The van der Waals surface area contributed by atoms with Gasteiger partial charge >= 0.3 is 0 Å². The van der Waals surface area contributed by atoms with Gasteiger partial charge in [-0.05, 0) is 40.0 Å². The van der Waals surface area contributed by atoms with E-state index in [4.69, 9.17) is 5.73 Å². The normalized spacial score (nSPS) is 13.8. The predicted molar refractivity (Wildman–Crippen MR) is 75.6 cm³/mol. The molecule has 0 bridgehead atoms. The molecule has 0 saturated heterocycles. The van der Waals surface area contributed by atoms with E-state index in [-0.39, 0.29) is 16.2 Å². The lowest BCUT2D eigenvalue weighted by atomic mass is 10.00. The fourth-order valence-electron chi connectivity index (χ4n) is 2.15. The lowest BCUT2D eigenvalue weighted by molar-refractivity contribution is 0.0945. The third-order valence-corrected chi connectivity index (χ3v) is 3.71. The van der Waals surface area contributed by atoms with Crippen molar-refractivity contribution < 1.29 is 9.18 Å². The molecule has 1 aliphatic heterocycles. The average Bonchev–Trinajstić information content (AvgIpc) is 2.43. The Balaban J connectivity index is 2.12. The molecule has 2 aromatic rings. The lowest BCUT2D eigenvalue weighted by Crippen LogP contribution is -2.31. The minimum absolute atomic E-state index is 0.0680. The molecule has 7 heteroatoms. The summed E-state index contributed by atoms with van der Waals surface area (Å²) in [5.41, 5.74) is 8.31. The van der Waals surface area contributed by atoms with Gasteiger partial charge in [0.05, 0.1) is 15.7 Å². The largest absolute Gasteiger partial charge is 0.383 e. The second-order valence-electron chi connectivity index (χ2n) is 4.43. The Hall–Kier alpha value is -2.02. The van der Waals surface area contributed by atoms with Gasteiger partial charge in [0.25, 0.3) is 5.91 Å². The Bertz CT molecular complexity index is 720. The number of amides is 1. The van der Waals surface area contributed by atoms with Crippen LogP contribution in [-0.4, -0.2) is 22.4 Å². The first-order valence-corrected chi connectivity index (χ1v) is 6.74. The molecular weight excluding hydrogens is 327 g/mol. The zero-order chi connectivity index (χ0) is 14.3. The van der Waals surface area contributed by atoms with Crippen molar-refractivity contribution >= 4 is 27.7 Å². The zero-order valence-corrected chi connectivity index (χ0v) is 11.9. The maximum absolute atomic E-state index is 13.3. The predicted octanol–water partition coefficient (Wildman–Crippen LogP) is 1.91. The van der Waals surface area contributed by atoms with Gasteiger partial charge in [-0.3, -0.25) is 9.78 Å². The monoisotopic (exact) mass is 336 g/mol. The topological polar surface area (TPSA) is 80.9 Å². The molecule has 1 aliphatic rings. The van der Waals surface area contributed by atoms with Gasteiger partial charge in [-0.25, -0.2) is 4.98 Å². The quantitative estimate of drug-likeness (QED) is 0.779. The number of aromatic nitrogens is 2. The standard InChI is InChI=1S/C13H10BrFN4O/c14-9-4-7(12(16)19-11(9)15)10-3-6-1-2-17-13(20)8(6)5-18-10/h3-5H,1-2H2,(H2,16,19)(H,17,20). The molecule has 1 amide bonds. The van der Waals surface area contributed by atoms with Gasteiger partial charge in [0.1, 0.15) is 5.82 Å². The maximum Gasteiger partial charge on any atom is 0.253 e. The minimum Gasteiger partial charge on any atom is -0.383 e. The Labute approximate surface area is 122 Å². The number of pyridine rings is 2. The van der Waals surface area contributed by atoms with E-state index in [2.05, 4.69) is 31.2 Å². The van der Waals surface area contributed by atoms with E-state index < -0.39 is 5.95 Å². The van der Waals surface area contributed by atoms with Gasteiger partial charge in [0.15, 0.2) is 0 Å². The van der Waals surface area contributed by atoms with Gasteiger partial charge in [-0.15, -0.1) is 0 Å². The molecule has 0 fully saturated rings. The van der Waals surface area contributed by atoms with E-state index in [1.165, 1.54) is 12.3 Å². The third-order valence-electron chi connectivity index (χ3n) is 3.15. The maximum atomic E-state index is 13.3. The van der Waals surface area contributed by atoms with E-state index >= 15 is 0 Å². The summed E-state index contributed by atoms with van der Waals surface area (Å²) < 4.78 is 13.5. The smallest absolute Gasteiger partial charge is 0.253 e. The van der Waals surface area contributed by atoms with Crippen LogP contribution in [0.5, 0.6) is 0 Å². The number of nitrogens with zero attached hydrogens (tertiary/aromatic N) is 2. The van der Waals surface area contributed by atoms with Crippen molar-refractivity contribution in [2.24, 2.45) is 0 Å². The molecule has 0 aliphatic carbocycles. The fourth-order valence-corrected chi connectivity index (χ4v) is 2.46. The first-order valence-electron chi connectivity index (χ1n) is 5.95. The fraction of sp³-hybridized carbons (Fsp3) is 0.154. The van der Waals surface area contributed by atoms with Gasteiger partial charge in [-0.2, -0.15) is 4.39 Å². The molecule has 102 valence electrons. The van der Waals surface area contributed by atoms with E-state index in [0.29, 0.717) is 23.4 Å². The third kappa shape index (κ3) is 2.14. The highest BCUT2D eigenvalue weighted by molar-refractivity contribution is 9.10. The molecule has 0 radical (unpaired) electrons. The highest BCUT2D eigenvalue weighted by atomic mass is 79.9. The Morgan fingerprint density at radius 3 is 2.95 bits per heavy atom. The number of hydrogen-bond acceptors (Lipinski definition) is 4. The van der Waals surface area contributed by atoms with E-state index in [1.54, 1.807) is 6.07 Å². The number of carbonyl (C=O) groups excluding carboxylic acids is 1. The minimum atomic E-state index is -0.663. The molecule has 5 nitrogen and oxygen atoms in total. The van der Waals surface area contributed by atoms with Gasteiger partial charge in [0, 0.05) is 18.3 Å². The number of carbonyl (C=O) groups is 1. The number of nitrogen functional groups attached to an aromatic ring is 1. The van der Waals surface area contributed by atoms with E-state index in [0.717, 1.165) is 12.0 Å². The number of halogens is 2. The summed E-state index contributed by atoms with van der Waals surface area (Å²) in [4.78, 5) is 19.5. The Morgan fingerprint density at radius 2 is 2.15 bits per heavy atom. The molecule has 0 unspecified atom stereocenters. The lowest BCUT2D eigenvalue weighted by Gasteiger charge is -2.17. The molecule has 0 aromatic carbocycles. The van der Waals surface area contributed by atoms with E-state index in [1.807, 2.05) is 0 Å². The molecule has 3 N–H and O–H groups in total. The number of hydrogen-bond donors (Lipinski definition) is 2. The van der Waals surface area contributed by atoms with Crippen LogP contribution in [0, 0.1) is 5.95 Å². The van der Waals surface area contributed by atoms with E-state index in [9.17, 15) is 9.18 Å². The summed E-state index contributed by atoms with van der Waals surface area (Å²) in [6, 6.07) is 3.33. The summed E-state index contributed by atoms with van der Waals surface area (Å²) in [6.45, 7) is 0.593. The molecule has 20 heavy (non-hydrogen) atoms. The molecule has 3 rings (SSSR count). The highest BCUT2D eigenvalue weighted by Crippen LogP contribution is 2.29. The van der Waals surface area contributed by atoms with Crippen LogP contribution in [0.4, 0.5) is 10.2 Å². The summed E-state index contributed by atoms with van der Waals surface area (Å²) >= 11 is 3.08. The molecule has 0 saturated carbocycles. The van der Waals surface area contributed by atoms with Gasteiger partial charge in [0.2, 0.25) is 5.95 Å². The van der Waals surface area contributed by atoms with Crippen LogP contribution >= 0.6 is 15.9 Å². The number of nitrogens with two attached hydrogens (primary N) is 1. The first kappa shape index (κ1) is 13.0. The van der Waals surface area contributed by atoms with Crippen LogP contribution < -0.4 is 11.1 Å². The Morgan fingerprint density at radius 1 is 1.35 bits per heavy atom. The van der Waals surface area contributed by atoms with Crippen LogP contribution in [0.3, 0.4) is 0 Å². The van der Waals surface area contributed by atoms with Gasteiger partial charge < -0.3 is 11.1 Å². The van der Waals surface area contributed by atoms with Crippen LogP contribution in [-0.2, 0) is 6.42 Å². The van der Waals surface area contributed by atoms with Crippen LogP contribution in [0.25, 0.3) is 11.3 Å². The average molecular weight is 337 g/mol. The summed E-state index contributed by atoms with van der Waals surface area (Å²) in [5, 5.41) is 2.75. The van der Waals surface area contributed by atoms with Crippen LogP contribution in [0.15, 0.2) is 22.8 Å². The summed E-state index contributed by atoms with van der Waals surface area (Å²) in [6.07, 6.45) is 2.24. The number of anilines is 1. The van der Waals surface area contributed by atoms with Crippen molar-refractivity contribution in [3.8, 4) is 11.3 Å². The molecule has 0 spiro atoms. The molecular formula is C13H10BrFN4O. The number of nitrogens with one attached hydrogen (secondary N) is 1. The molecule has 0 atom stereocenters. The van der Waals surface area contributed by atoms with Gasteiger partial charge in [-0.1, -0.05) is 0 Å². The second-order valence-corrected chi connectivity index (χ2v) is 5.28. The van der Waals surface area contributed by atoms with Crippen molar-refractivity contribution in [3.63, 3.8) is 0 Å². The van der Waals surface area contributed by atoms with Crippen LogP contribution in [0.1, 0.15) is 15.9 Å². The summed E-state index contributed by atoms with van der Waals surface area (Å²) in [5.74, 6) is -0.723. The Kier molecular flexibility index (Phi) is 3.13. The summed E-state index contributed by atoms with van der Waals surface area (Å²) in [7, 11) is 0. The SMILES string of the molecule is Nc1nc(F)c(Br)cc1-c1cc2c(cn1)C(=O)NCC2. The van der Waals surface area contributed by atoms with Crippen molar-refractivity contribution in [2.45, 2.75) is 6.42 Å². The number of rotatable bonds is 1. The van der Waals surface area contributed by atoms with Crippen molar-refractivity contribution in [1.82, 2.24) is 15.3 Å². The van der Waals surface area contributed by atoms with Crippen molar-refractivity contribution in [3.05, 3.63) is 39.9 Å². The molecule has 3 heterocycles.